The predicted octanol–water partition coefficient (Wildman–Crippen LogP) is 2.07. The summed E-state index contributed by atoms with van der Waals surface area (Å²) in [6.07, 6.45) is 0.566. The van der Waals surface area contributed by atoms with Crippen molar-refractivity contribution in [2.24, 2.45) is 5.73 Å². The third-order valence-corrected chi connectivity index (χ3v) is 3.22. The Kier molecular flexibility index (Phi) is 3.69. The van der Waals surface area contributed by atoms with Crippen molar-refractivity contribution in [3.63, 3.8) is 0 Å². The summed E-state index contributed by atoms with van der Waals surface area (Å²) in [5.74, 6) is 0. The molecule has 0 bridgehead atoms. The lowest BCUT2D eigenvalue weighted by molar-refractivity contribution is -0.00525. The highest BCUT2D eigenvalue weighted by molar-refractivity contribution is 5.55. The minimum Gasteiger partial charge on any atom is -0.372 e. The summed E-state index contributed by atoms with van der Waals surface area (Å²) in [4.78, 5) is 2.39. The van der Waals surface area contributed by atoms with Crippen LogP contribution in [0.25, 0.3) is 0 Å². The third kappa shape index (κ3) is 2.79. The van der Waals surface area contributed by atoms with Crippen LogP contribution < -0.4 is 10.6 Å². The second-order valence-electron chi connectivity index (χ2n) is 5.00. The van der Waals surface area contributed by atoms with Gasteiger partial charge in [-0.3, -0.25) is 0 Å². The van der Waals surface area contributed by atoms with Crippen molar-refractivity contribution in [1.29, 1.82) is 0 Å². The first-order chi connectivity index (χ1) is 8.10. The Morgan fingerprint density at radius 1 is 1.29 bits per heavy atom. The molecule has 17 heavy (non-hydrogen) atoms. The molecule has 1 aliphatic rings. The fourth-order valence-corrected chi connectivity index (χ4v) is 2.56. The van der Waals surface area contributed by atoms with Gasteiger partial charge >= 0.3 is 0 Å². The minimum atomic E-state index is 0.283. The lowest BCUT2D eigenvalue weighted by Crippen LogP contribution is -2.45. The zero-order chi connectivity index (χ0) is 12.4. The molecule has 0 radical (unpaired) electrons. The van der Waals surface area contributed by atoms with Crippen LogP contribution in [0.3, 0.4) is 0 Å². The van der Waals surface area contributed by atoms with E-state index in [0.29, 0.717) is 6.54 Å². The summed E-state index contributed by atoms with van der Waals surface area (Å²) in [7, 11) is 0. The lowest BCUT2D eigenvalue weighted by Gasteiger charge is -2.37. The molecule has 1 heterocycles. The van der Waals surface area contributed by atoms with Crippen molar-refractivity contribution in [3.05, 3.63) is 29.3 Å². The molecular formula is C14H22N2O. The Hall–Kier alpha value is -1.06. The van der Waals surface area contributed by atoms with E-state index < -0.39 is 0 Å². The molecule has 0 saturated carbocycles. The van der Waals surface area contributed by atoms with Crippen molar-refractivity contribution >= 4 is 5.69 Å². The largest absolute Gasteiger partial charge is 0.372 e. The van der Waals surface area contributed by atoms with Gasteiger partial charge in [0.1, 0.15) is 0 Å². The normalized spacial score (nSPS) is 25.1. The molecule has 1 aromatic rings. The highest BCUT2D eigenvalue weighted by atomic mass is 16.5. The van der Waals surface area contributed by atoms with Crippen LogP contribution >= 0.6 is 0 Å². The first-order valence-electron chi connectivity index (χ1n) is 6.30. The average molecular weight is 234 g/mol. The molecule has 94 valence electrons. The molecule has 1 aliphatic heterocycles. The van der Waals surface area contributed by atoms with E-state index in [4.69, 9.17) is 10.5 Å². The van der Waals surface area contributed by atoms with Crippen LogP contribution in [0, 0.1) is 6.92 Å². The van der Waals surface area contributed by atoms with E-state index in [9.17, 15) is 0 Å². The quantitative estimate of drug-likeness (QED) is 0.851. The molecule has 2 atom stereocenters. The number of hydrogen-bond acceptors (Lipinski definition) is 3. The summed E-state index contributed by atoms with van der Waals surface area (Å²) in [5.41, 5.74) is 9.60. The van der Waals surface area contributed by atoms with E-state index in [1.165, 1.54) is 16.8 Å². The molecule has 1 aromatic carbocycles. The van der Waals surface area contributed by atoms with Gasteiger partial charge in [0.25, 0.3) is 0 Å². The number of nitrogens with zero attached hydrogens (tertiary/aromatic N) is 1. The number of anilines is 1. The molecule has 1 saturated heterocycles. The van der Waals surface area contributed by atoms with Crippen LogP contribution in [0.5, 0.6) is 0 Å². The number of nitrogens with two attached hydrogens (primary N) is 1. The average Bonchev–Trinajstić information content (AvgIpc) is 2.27. The number of ether oxygens (including phenoxy) is 1. The van der Waals surface area contributed by atoms with Gasteiger partial charge in [-0.25, -0.2) is 0 Å². The highest BCUT2D eigenvalue weighted by Gasteiger charge is 2.23. The monoisotopic (exact) mass is 234 g/mol. The van der Waals surface area contributed by atoms with E-state index in [0.717, 1.165) is 13.1 Å². The summed E-state index contributed by atoms with van der Waals surface area (Å²) in [6.45, 7) is 8.84. The maximum atomic E-state index is 5.84. The van der Waals surface area contributed by atoms with Gasteiger partial charge in [-0.2, -0.15) is 0 Å². The smallest absolute Gasteiger partial charge is 0.0726 e. The van der Waals surface area contributed by atoms with E-state index >= 15 is 0 Å². The fourth-order valence-electron chi connectivity index (χ4n) is 2.56. The van der Waals surface area contributed by atoms with E-state index in [-0.39, 0.29) is 12.2 Å². The summed E-state index contributed by atoms with van der Waals surface area (Å²) in [5, 5.41) is 0. The van der Waals surface area contributed by atoms with Gasteiger partial charge < -0.3 is 15.4 Å². The van der Waals surface area contributed by atoms with Gasteiger partial charge in [0.15, 0.2) is 0 Å². The van der Waals surface area contributed by atoms with Crippen LogP contribution in [-0.4, -0.2) is 25.3 Å². The molecule has 0 aliphatic carbocycles. The minimum absolute atomic E-state index is 0.283. The summed E-state index contributed by atoms with van der Waals surface area (Å²) in [6, 6.07) is 6.52. The maximum Gasteiger partial charge on any atom is 0.0726 e. The van der Waals surface area contributed by atoms with Gasteiger partial charge in [0.05, 0.1) is 12.2 Å². The maximum absolute atomic E-state index is 5.84. The van der Waals surface area contributed by atoms with Crippen LogP contribution in [0.15, 0.2) is 18.2 Å². The molecule has 0 spiro atoms. The molecule has 0 aromatic heterocycles. The SMILES string of the molecule is Cc1ccc(N2C[C@@H](C)O[C@@H](C)C2)c(CN)c1. The van der Waals surface area contributed by atoms with Gasteiger partial charge in [-0.1, -0.05) is 17.7 Å². The Labute approximate surface area is 104 Å². The second-order valence-corrected chi connectivity index (χ2v) is 5.00. The molecule has 1 fully saturated rings. The van der Waals surface area contributed by atoms with Crippen LogP contribution in [0.1, 0.15) is 25.0 Å². The molecule has 0 amide bonds. The molecule has 3 heteroatoms. The topological polar surface area (TPSA) is 38.5 Å². The fraction of sp³-hybridized carbons (Fsp3) is 0.571. The van der Waals surface area contributed by atoms with E-state index in [1.54, 1.807) is 0 Å². The zero-order valence-electron chi connectivity index (χ0n) is 10.9. The number of aryl methyl sites for hydroxylation is 1. The van der Waals surface area contributed by atoms with Crippen LogP contribution in [0.2, 0.25) is 0 Å². The van der Waals surface area contributed by atoms with Gasteiger partial charge in [-0.15, -0.1) is 0 Å². The summed E-state index contributed by atoms with van der Waals surface area (Å²) < 4.78 is 5.76. The number of benzene rings is 1. The standard InChI is InChI=1S/C14H22N2O/c1-10-4-5-14(13(6-10)7-15)16-8-11(2)17-12(3)9-16/h4-6,11-12H,7-9,15H2,1-3H3/t11-,12+. The zero-order valence-corrected chi connectivity index (χ0v) is 10.9. The van der Waals surface area contributed by atoms with Crippen molar-refractivity contribution in [1.82, 2.24) is 0 Å². The molecule has 3 nitrogen and oxygen atoms in total. The van der Waals surface area contributed by atoms with E-state index in [1.807, 2.05) is 0 Å². The Balaban J connectivity index is 2.26. The lowest BCUT2D eigenvalue weighted by atomic mass is 10.1. The number of hydrogen-bond donors (Lipinski definition) is 1. The third-order valence-electron chi connectivity index (χ3n) is 3.22. The number of morpholine rings is 1. The van der Waals surface area contributed by atoms with Crippen molar-refractivity contribution in [3.8, 4) is 0 Å². The predicted molar refractivity (Wildman–Crippen MR) is 71.3 cm³/mol. The van der Waals surface area contributed by atoms with Gasteiger partial charge in [0, 0.05) is 25.3 Å². The molecule has 0 unspecified atom stereocenters. The molecular weight excluding hydrogens is 212 g/mol. The Bertz CT molecular complexity index is 382. The highest BCUT2D eigenvalue weighted by Crippen LogP contribution is 2.25. The van der Waals surface area contributed by atoms with Gasteiger partial charge in [-0.05, 0) is 32.4 Å². The first kappa shape index (κ1) is 12.4. The summed E-state index contributed by atoms with van der Waals surface area (Å²) >= 11 is 0. The second kappa shape index (κ2) is 5.07. The molecule has 2 N–H and O–H groups in total. The van der Waals surface area contributed by atoms with E-state index in [2.05, 4.69) is 43.9 Å². The Morgan fingerprint density at radius 2 is 1.94 bits per heavy atom. The number of rotatable bonds is 2. The van der Waals surface area contributed by atoms with Crippen molar-refractivity contribution < 1.29 is 4.74 Å². The molecule has 2 rings (SSSR count). The van der Waals surface area contributed by atoms with Crippen LogP contribution in [-0.2, 0) is 11.3 Å². The van der Waals surface area contributed by atoms with Gasteiger partial charge in [0.2, 0.25) is 0 Å². The van der Waals surface area contributed by atoms with Crippen molar-refractivity contribution in [2.45, 2.75) is 39.5 Å². The van der Waals surface area contributed by atoms with Crippen LogP contribution in [0.4, 0.5) is 5.69 Å². The first-order valence-corrected chi connectivity index (χ1v) is 6.30. The Morgan fingerprint density at radius 3 is 2.53 bits per heavy atom. The van der Waals surface area contributed by atoms with Crippen molar-refractivity contribution in [2.75, 3.05) is 18.0 Å².